The minimum Gasteiger partial charge on any atom is -0.381 e. The maximum atomic E-state index is 12.9. The highest BCUT2D eigenvalue weighted by atomic mass is 32.2. The molecule has 2 fully saturated rings. The second-order valence-corrected chi connectivity index (χ2v) is 7.97. The van der Waals surface area contributed by atoms with Gasteiger partial charge in [-0.1, -0.05) is 12.1 Å². The van der Waals surface area contributed by atoms with Crippen LogP contribution in [0.4, 0.5) is 0 Å². The average Bonchev–Trinajstić information content (AvgIpc) is 2.79. The van der Waals surface area contributed by atoms with Crippen LogP contribution in [0.15, 0.2) is 29.2 Å². The summed E-state index contributed by atoms with van der Waals surface area (Å²) in [7, 11) is -1.82. The molecule has 0 radical (unpaired) electrons. The number of fused-ring (bicyclic) bond motifs is 2. The summed E-state index contributed by atoms with van der Waals surface area (Å²) < 4.78 is 32.9. The lowest BCUT2D eigenvalue weighted by atomic mass is 10.0. The van der Waals surface area contributed by atoms with Gasteiger partial charge in [-0.3, -0.25) is 4.79 Å². The van der Waals surface area contributed by atoms with Crippen LogP contribution in [-0.2, 0) is 14.8 Å². The van der Waals surface area contributed by atoms with Crippen molar-refractivity contribution >= 4 is 15.8 Å². The molecule has 1 aromatic carbocycles. The minimum atomic E-state index is -3.51. The Hall–Kier alpha value is -1.24. The fourth-order valence-electron chi connectivity index (χ4n) is 3.65. The Kier molecular flexibility index (Phi) is 4.09. The number of rotatable bonds is 4. The van der Waals surface area contributed by atoms with Gasteiger partial charge in [0, 0.05) is 24.8 Å². The predicted octanol–water partition coefficient (Wildman–Crippen LogP) is 2.22. The van der Waals surface area contributed by atoms with Crippen molar-refractivity contribution in [2.45, 2.75) is 55.7 Å². The molecule has 3 rings (SSSR count). The largest absolute Gasteiger partial charge is 0.381 e. The van der Waals surface area contributed by atoms with E-state index in [1.807, 2.05) is 0 Å². The van der Waals surface area contributed by atoms with E-state index in [-0.39, 0.29) is 28.9 Å². The Balaban J connectivity index is 1.89. The van der Waals surface area contributed by atoms with Crippen molar-refractivity contribution < 1.29 is 17.9 Å². The summed E-state index contributed by atoms with van der Waals surface area (Å²) >= 11 is 0. The molecular formula is C16H21NO4S. The molecule has 0 spiro atoms. The number of nitrogens with zero attached hydrogens (tertiary/aromatic N) is 1. The quantitative estimate of drug-likeness (QED) is 0.797. The first-order valence-electron chi connectivity index (χ1n) is 7.61. The third-order valence-corrected chi connectivity index (χ3v) is 6.81. The molecule has 0 saturated carbocycles. The van der Waals surface area contributed by atoms with Crippen LogP contribution in [0.25, 0.3) is 0 Å². The fraction of sp³-hybridized carbons (Fsp3) is 0.562. The molecule has 6 heteroatoms. The van der Waals surface area contributed by atoms with Crippen molar-refractivity contribution in [1.82, 2.24) is 4.31 Å². The number of methoxy groups -OCH3 is 1. The van der Waals surface area contributed by atoms with Gasteiger partial charge in [0.25, 0.3) is 0 Å². The second kappa shape index (κ2) is 5.76. The van der Waals surface area contributed by atoms with E-state index in [9.17, 15) is 13.2 Å². The molecule has 2 bridgehead atoms. The van der Waals surface area contributed by atoms with Crippen LogP contribution in [0.5, 0.6) is 0 Å². The smallest absolute Gasteiger partial charge is 0.243 e. The molecular weight excluding hydrogens is 302 g/mol. The lowest BCUT2D eigenvalue weighted by Gasteiger charge is -2.37. The van der Waals surface area contributed by atoms with Crippen LogP contribution >= 0.6 is 0 Å². The van der Waals surface area contributed by atoms with E-state index in [0.717, 1.165) is 25.7 Å². The first-order chi connectivity index (χ1) is 10.4. The van der Waals surface area contributed by atoms with Crippen LogP contribution in [0, 0.1) is 0 Å². The van der Waals surface area contributed by atoms with E-state index in [0.29, 0.717) is 5.56 Å². The third kappa shape index (κ3) is 2.59. The number of carbonyl (C=O) groups is 1. The van der Waals surface area contributed by atoms with Gasteiger partial charge in [-0.25, -0.2) is 8.42 Å². The first kappa shape index (κ1) is 15.6. The molecule has 0 aliphatic carbocycles. The molecule has 1 aromatic rings. The van der Waals surface area contributed by atoms with Gasteiger partial charge in [-0.15, -0.1) is 0 Å². The Morgan fingerprint density at radius 1 is 1.14 bits per heavy atom. The van der Waals surface area contributed by atoms with Crippen molar-refractivity contribution in [2.75, 3.05) is 7.11 Å². The van der Waals surface area contributed by atoms with E-state index < -0.39 is 10.0 Å². The average molecular weight is 323 g/mol. The topological polar surface area (TPSA) is 63.7 Å². The van der Waals surface area contributed by atoms with Crippen molar-refractivity contribution in [1.29, 1.82) is 0 Å². The van der Waals surface area contributed by atoms with Crippen molar-refractivity contribution in [3.63, 3.8) is 0 Å². The van der Waals surface area contributed by atoms with E-state index in [2.05, 4.69) is 0 Å². The molecule has 2 aliphatic heterocycles. The number of Topliss-reactive ketones (excluding diaryl/α,β-unsaturated/α-hetero) is 1. The van der Waals surface area contributed by atoms with Crippen LogP contribution < -0.4 is 0 Å². The van der Waals surface area contributed by atoms with Gasteiger partial charge in [0.1, 0.15) is 0 Å². The van der Waals surface area contributed by atoms with E-state index in [1.165, 1.54) is 19.1 Å². The minimum absolute atomic E-state index is 0.0289. The molecule has 0 amide bonds. The fourth-order valence-corrected chi connectivity index (χ4v) is 5.54. The van der Waals surface area contributed by atoms with E-state index in [1.54, 1.807) is 23.5 Å². The zero-order valence-corrected chi connectivity index (χ0v) is 13.7. The SMILES string of the molecule is COC1CC2CCC(C1)N2S(=O)(=O)c1ccc(C(C)=O)cc1. The van der Waals surface area contributed by atoms with Crippen LogP contribution in [0.2, 0.25) is 0 Å². The van der Waals surface area contributed by atoms with Gasteiger partial charge >= 0.3 is 0 Å². The Morgan fingerprint density at radius 3 is 2.14 bits per heavy atom. The number of hydrogen-bond acceptors (Lipinski definition) is 4. The van der Waals surface area contributed by atoms with Gasteiger partial charge in [0.05, 0.1) is 11.0 Å². The number of ether oxygens (including phenoxy) is 1. The molecule has 5 nitrogen and oxygen atoms in total. The summed E-state index contributed by atoms with van der Waals surface area (Å²) in [6, 6.07) is 6.29. The zero-order chi connectivity index (χ0) is 15.9. The summed E-state index contributed by atoms with van der Waals surface area (Å²) in [5.41, 5.74) is 0.528. The van der Waals surface area contributed by atoms with Crippen molar-refractivity contribution in [3.05, 3.63) is 29.8 Å². The number of carbonyl (C=O) groups excluding carboxylic acids is 1. The maximum Gasteiger partial charge on any atom is 0.243 e. The number of piperidine rings is 1. The number of benzene rings is 1. The third-order valence-electron chi connectivity index (χ3n) is 4.79. The molecule has 2 saturated heterocycles. The summed E-state index contributed by atoms with van der Waals surface area (Å²) in [4.78, 5) is 11.6. The Bertz CT molecular complexity index is 654. The molecule has 2 unspecified atom stereocenters. The van der Waals surface area contributed by atoms with E-state index in [4.69, 9.17) is 4.74 Å². The van der Waals surface area contributed by atoms with Gasteiger partial charge in [0.2, 0.25) is 10.0 Å². The highest BCUT2D eigenvalue weighted by Crippen LogP contribution is 2.40. The molecule has 0 N–H and O–H groups in total. The van der Waals surface area contributed by atoms with Crippen LogP contribution in [-0.4, -0.2) is 43.8 Å². The van der Waals surface area contributed by atoms with Crippen LogP contribution in [0.3, 0.4) is 0 Å². The number of sulfonamides is 1. The molecule has 0 aromatic heterocycles. The summed E-state index contributed by atoms with van der Waals surface area (Å²) in [6.45, 7) is 1.47. The molecule has 22 heavy (non-hydrogen) atoms. The van der Waals surface area contributed by atoms with Crippen LogP contribution in [0.1, 0.15) is 43.0 Å². The van der Waals surface area contributed by atoms with E-state index >= 15 is 0 Å². The predicted molar refractivity (Wildman–Crippen MR) is 82.3 cm³/mol. The summed E-state index contributed by atoms with van der Waals surface area (Å²) in [6.07, 6.45) is 3.48. The molecule has 2 heterocycles. The first-order valence-corrected chi connectivity index (χ1v) is 9.05. The standard InChI is InChI=1S/C16H21NO4S/c1-11(18)12-3-7-16(8-4-12)22(19,20)17-13-5-6-14(17)10-15(9-13)21-2/h3-4,7-8,13-15H,5-6,9-10H2,1-2H3. The summed E-state index contributed by atoms with van der Waals surface area (Å²) in [5, 5.41) is 0. The van der Waals surface area contributed by atoms with Crippen molar-refractivity contribution in [3.8, 4) is 0 Å². The lowest BCUT2D eigenvalue weighted by Crippen LogP contribution is -2.48. The zero-order valence-electron chi connectivity index (χ0n) is 12.9. The highest BCUT2D eigenvalue weighted by molar-refractivity contribution is 7.89. The van der Waals surface area contributed by atoms with Gasteiger partial charge in [-0.2, -0.15) is 4.31 Å². The maximum absolute atomic E-state index is 12.9. The van der Waals surface area contributed by atoms with Gasteiger partial charge in [0.15, 0.2) is 5.78 Å². The number of hydrogen-bond donors (Lipinski definition) is 0. The normalized spacial score (nSPS) is 28.7. The van der Waals surface area contributed by atoms with Crippen molar-refractivity contribution in [2.24, 2.45) is 0 Å². The molecule has 2 aliphatic rings. The Morgan fingerprint density at radius 2 is 1.68 bits per heavy atom. The molecule has 2 atom stereocenters. The van der Waals surface area contributed by atoms with Gasteiger partial charge < -0.3 is 4.74 Å². The second-order valence-electron chi connectivity index (χ2n) is 6.13. The summed E-state index contributed by atoms with van der Waals surface area (Å²) in [5.74, 6) is -0.0649. The Labute approximate surface area is 131 Å². The monoisotopic (exact) mass is 323 g/mol. The van der Waals surface area contributed by atoms with Gasteiger partial charge in [-0.05, 0) is 44.7 Å². The highest BCUT2D eigenvalue weighted by Gasteiger charge is 2.47. The lowest BCUT2D eigenvalue weighted by molar-refractivity contribution is 0.0349. The number of ketones is 1. The molecule has 120 valence electrons.